The van der Waals surface area contributed by atoms with Gasteiger partial charge in [0.1, 0.15) is 0 Å². The lowest BCUT2D eigenvalue weighted by Crippen LogP contribution is -2.31. The van der Waals surface area contributed by atoms with E-state index in [1.165, 1.54) is 52.8 Å². The van der Waals surface area contributed by atoms with Crippen molar-refractivity contribution < 1.29 is 23.7 Å². The maximum atomic E-state index is 5.77. The van der Waals surface area contributed by atoms with Gasteiger partial charge in [0, 0.05) is 28.8 Å². The van der Waals surface area contributed by atoms with Gasteiger partial charge in [-0.1, -0.05) is 43.0 Å². The minimum absolute atomic E-state index is 0.357. The van der Waals surface area contributed by atoms with Gasteiger partial charge in [-0.25, -0.2) is 0 Å². The first-order valence-electron chi connectivity index (χ1n) is 14.5. The number of ether oxygens (including phenoxy) is 5. The van der Waals surface area contributed by atoms with Gasteiger partial charge in [-0.2, -0.15) is 0 Å². The Morgan fingerprint density at radius 2 is 1.44 bits per heavy atom. The maximum absolute atomic E-state index is 5.77. The summed E-state index contributed by atoms with van der Waals surface area (Å²) in [6, 6.07) is 17.3. The molecule has 1 unspecified atom stereocenters. The number of unbranched alkanes of at least 4 members (excludes halogenated alkanes) is 3. The second-order valence-corrected chi connectivity index (χ2v) is 11.8. The quantitative estimate of drug-likeness (QED) is 0.134. The molecule has 0 aromatic heterocycles. The minimum atomic E-state index is 0.357. The standard InChI is InChI=1S/C34H45NO5S/c1-24-12-15-27(16-13-24)41-32(26-14-17-29(36-2)30(22-26)37-3)11-9-7-8-10-19-35-20-18-25-21-31(38-4)34(40-6)33(39-5)28(25)23-35/h12-17,21-22,32H,7-11,18-20,23H2,1-6H3. The molecular formula is C34H45NO5S. The first kappa shape index (κ1) is 30.9. The van der Waals surface area contributed by atoms with E-state index in [2.05, 4.69) is 54.3 Å². The molecule has 0 amide bonds. The second-order valence-electron chi connectivity index (χ2n) is 10.5. The summed E-state index contributed by atoms with van der Waals surface area (Å²) < 4.78 is 28.0. The molecule has 1 heterocycles. The zero-order valence-electron chi connectivity index (χ0n) is 25.5. The maximum Gasteiger partial charge on any atom is 0.203 e. The van der Waals surface area contributed by atoms with Crippen LogP contribution in [0.4, 0.5) is 0 Å². The summed E-state index contributed by atoms with van der Waals surface area (Å²) in [5.41, 5.74) is 5.08. The summed E-state index contributed by atoms with van der Waals surface area (Å²) in [5, 5.41) is 0.357. The number of thioether (sulfide) groups is 1. The van der Waals surface area contributed by atoms with Crippen LogP contribution in [0.2, 0.25) is 0 Å². The summed E-state index contributed by atoms with van der Waals surface area (Å²) in [4.78, 5) is 3.83. The zero-order valence-corrected chi connectivity index (χ0v) is 26.3. The van der Waals surface area contributed by atoms with Gasteiger partial charge in [0.05, 0.1) is 35.5 Å². The first-order valence-corrected chi connectivity index (χ1v) is 15.4. The van der Waals surface area contributed by atoms with Crippen molar-refractivity contribution >= 4 is 11.8 Å². The molecule has 1 aliphatic rings. The predicted octanol–water partition coefficient (Wildman–Crippen LogP) is 7.88. The Bertz CT molecular complexity index is 1260. The average Bonchev–Trinajstić information content (AvgIpc) is 3.01. The molecule has 1 aliphatic heterocycles. The van der Waals surface area contributed by atoms with Crippen LogP contribution in [0.25, 0.3) is 0 Å². The van der Waals surface area contributed by atoms with Crippen molar-refractivity contribution in [3.8, 4) is 28.7 Å². The lowest BCUT2D eigenvalue weighted by molar-refractivity contribution is 0.239. The minimum Gasteiger partial charge on any atom is -0.493 e. The van der Waals surface area contributed by atoms with Gasteiger partial charge in [0.25, 0.3) is 0 Å². The molecule has 0 saturated carbocycles. The highest BCUT2D eigenvalue weighted by molar-refractivity contribution is 7.99. The SMILES string of the molecule is COc1ccc(C(CCCCCCN2CCc3cc(OC)c(OC)c(OC)c3C2)Sc2ccc(C)cc2)cc1OC. The summed E-state index contributed by atoms with van der Waals surface area (Å²) in [5.74, 6) is 3.78. The van der Waals surface area contributed by atoms with Gasteiger partial charge in [-0.05, 0) is 74.2 Å². The fourth-order valence-electron chi connectivity index (χ4n) is 5.58. The van der Waals surface area contributed by atoms with Crippen LogP contribution >= 0.6 is 11.8 Å². The molecule has 3 aromatic rings. The normalized spacial score (nSPS) is 13.8. The van der Waals surface area contributed by atoms with Crippen molar-refractivity contribution in [1.29, 1.82) is 0 Å². The highest BCUT2D eigenvalue weighted by Crippen LogP contribution is 2.44. The van der Waals surface area contributed by atoms with Gasteiger partial charge in [0.2, 0.25) is 5.75 Å². The molecule has 0 spiro atoms. The molecule has 0 bridgehead atoms. The highest BCUT2D eigenvalue weighted by Gasteiger charge is 2.25. The Kier molecular flexibility index (Phi) is 11.5. The number of rotatable bonds is 15. The van der Waals surface area contributed by atoms with Crippen LogP contribution in [0.3, 0.4) is 0 Å². The lowest BCUT2D eigenvalue weighted by Gasteiger charge is -2.31. The van der Waals surface area contributed by atoms with Gasteiger partial charge in [0.15, 0.2) is 23.0 Å². The van der Waals surface area contributed by atoms with Crippen LogP contribution < -0.4 is 23.7 Å². The van der Waals surface area contributed by atoms with Crippen molar-refractivity contribution in [2.75, 3.05) is 48.6 Å². The molecule has 0 aliphatic carbocycles. The third-order valence-electron chi connectivity index (χ3n) is 7.87. The smallest absolute Gasteiger partial charge is 0.203 e. The number of hydrogen-bond donors (Lipinski definition) is 0. The zero-order chi connectivity index (χ0) is 29.2. The van der Waals surface area contributed by atoms with Crippen LogP contribution in [0, 0.1) is 6.92 Å². The van der Waals surface area contributed by atoms with Gasteiger partial charge >= 0.3 is 0 Å². The van der Waals surface area contributed by atoms with E-state index in [9.17, 15) is 0 Å². The number of methoxy groups -OCH3 is 5. The fourth-order valence-corrected chi connectivity index (χ4v) is 6.77. The Hall–Kier alpha value is -3.03. The molecule has 222 valence electrons. The van der Waals surface area contributed by atoms with Gasteiger partial charge in [-0.3, -0.25) is 4.90 Å². The molecule has 0 saturated heterocycles. The van der Waals surface area contributed by atoms with Gasteiger partial charge in [-0.15, -0.1) is 11.8 Å². The molecule has 0 fully saturated rings. The first-order chi connectivity index (χ1) is 20.0. The van der Waals surface area contributed by atoms with E-state index in [-0.39, 0.29) is 0 Å². The largest absolute Gasteiger partial charge is 0.493 e. The average molecular weight is 580 g/mol. The number of nitrogens with zero attached hydrogens (tertiary/aromatic N) is 1. The summed E-state index contributed by atoms with van der Waals surface area (Å²) >= 11 is 1.94. The van der Waals surface area contributed by atoms with E-state index >= 15 is 0 Å². The van der Waals surface area contributed by atoms with Gasteiger partial charge < -0.3 is 23.7 Å². The summed E-state index contributed by atoms with van der Waals surface area (Å²) in [6.07, 6.45) is 6.93. The summed E-state index contributed by atoms with van der Waals surface area (Å²) in [6.45, 7) is 5.16. The van der Waals surface area contributed by atoms with E-state index in [0.29, 0.717) is 11.0 Å². The Morgan fingerprint density at radius 3 is 2.12 bits per heavy atom. The molecule has 7 heteroatoms. The highest BCUT2D eigenvalue weighted by atomic mass is 32.2. The molecule has 1 atom stereocenters. The summed E-state index contributed by atoms with van der Waals surface area (Å²) in [7, 11) is 8.44. The van der Waals surface area contributed by atoms with Crippen molar-refractivity contribution in [1.82, 2.24) is 4.90 Å². The van der Waals surface area contributed by atoms with E-state index in [1.807, 2.05) is 17.8 Å². The molecule has 0 radical (unpaired) electrons. The van der Waals surface area contributed by atoms with E-state index in [4.69, 9.17) is 23.7 Å². The van der Waals surface area contributed by atoms with Crippen molar-refractivity contribution in [3.05, 3.63) is 70.8 Å². The lowest BCUT2D eigenvalue weighted by atomic mass is 9.97. The number of hydrogen-bond acceptors (Lipinski definition) is 7. The molecule has 6 nitrogen and oxygen atoms in total. The topological polar surface area (TPSA) is 49.4 Å². The second kappa shape index (κ2) is 15.3. The molecular weight excluding hydrogens is 534 g/mol. The Balaban J connectivity index is 1.31. The van der Waals surface area contributed by atoms with Crippen LogP contribution in [-0.4, -0.2) is 53.5 Å². The Labute approximate surface area is 250 Å². The molecule has 0 N–H and O–H groups in total. The number of benzene rings is 3. The molecule has 41 heavy (non-hydrogen) atoms. The molecule has 4 rings (SSSR count). The number of fused-ring (bicyclic) bond motifs is 1. The fraction of sp³-hybridized carbons (Fsp3) is 0.471. The third-order valence-corrected chi connectivity index (χ3v) is 9.21. The Morgan fingerprint density at radius 1 is 0.732 bits per heavy atom. The van der Waals surface area contributed by atoms with Crippen LogP contribution in [0.1, 0.15) is 59.6 Å². The van der Waals surface area contributed by atoms with Crippen molar-refractivity contribution in [3.63, 3.8) is 0 Å². The van der Waals surface area contributed by atoms with Crippen molar-refractivity contribution in [2.45, 2.75) is 62.1 Å². The van der Waals surface area contributed by atoms with E-state index < -0.39 is 0 Å². The van der Waals surface area contributed by atoms with Crippen LogP contribution in [0.15, 0.2) is 53.4 Å². The van der Waals surface area contributed by atoms with E-state index in [1.54, 1.807) is 35.5 Å². The van der Waals surface area contributed by atoms with Crippen molar-refractivity contribution in [2.24, 2.45) is 0 Å². The monoisotopic (exact) mass is 579 g/mol. The number of aryl methyl sites for hydroxylation is 1. The van der Waals surface area contributed by atoms with Crippen LogP contribution in [0.5, 0.6) is 28.7 Å². The predicted molar refractivity (Wildman–Crippen MR) is 167 cm³/mol. The third kappa shape index (κ3) is 7.83. The molecule has 3 aromatic carbocycles. The van der Waals surface area contributed by atoms with Crippen LogP contribution in [-0.2, 0) is 13.0 Å². The van der Waals surface area contributed by atoms with E-state index in [0.717, 1.165) is 55.5 Å².